The van der Waals surface area contributed by atoms with Crippen molar-refractivity contribution in [3.8, 4) is 0 Å². The zero-order valence-corrected chi connectivity index (χ0v) is 13.1. The average Bonchev–Trinajstić information content (AvgIpc) is 2.71. The van der Waals surface area contributed by atoms with Gasteiger partial charge in [-0.3, -0.25) is 4.68 Å². The molecule has 20 heavy (non-hydrogen) atoms. The van der Waals surface area contributed by atoms with E-state index in [0.29, 0.717) is 6.54 Å². The lowest BCUT2D eigenvalue weighted by Crippen LogP contribution is -2.25. The highest BCUT2D eigenvalue weighted by molar-refractivity contribution is 6.31. The van der Waals surface area contributed by atoms with Crippen LogP contribution in [-0.4, -0.2) is 16.8 Å². The summed E-state index contributed by atoms with van der Waals surface area (Å²) in [5.41, 5.74) is 9.01. The van der Waals surface area contributed by atoms with Crippen molar-refractivity contribution in [2.75, 3.05) is 11.9 Å². The molecule has 0 saturated carbocycles. The van der Waals surface area contributed by atoms with E-state index >= 15 is 0 Å². The third-order valence-electron chi connectivity index (χ3n) is 3.79. The second-order valence-electron chi connectivity index (χ2n) is 5.02. The fourth-order valence-electron chi connectivity index (χ4n) is 2.58. The van der Waals surface area contributed by atoms with Gasteiger partial charge in [-0.05, 0) is 25.5 Å². The predicted molar refractivity (Wildman–Crippen MR) is 84.1 cm³/mol. The van der Waals surface area contributed by atoms with E-state index in [1.165, 1.54) is 0 Å². The van der Waals surface area contributed by atoms with Crippen LogP contribution in [0.2, 0.25) is 5.02 Å². The van der Waals surface area contributed by atoms with Gasteiger partial charge in [0.25, 0.3) is 0 Å². The number of anilines is 1. The Labute approximate surface area is 125 Å². The maximum atomic E-state index is 6.30. The van der Waals surface area contributed by atoms with Gasteiger partial charge in [0.05, 0.1) is 11.7 Å². The number of hydrogen-bond donors (Lipinski definition) is 1. The summed E-state index contributed by atoms with van der Waals surface area (Å²) < 4.78 is 1.88. The van der Waals surface area contributed by atoms with Gasteiger partial charge in [0.1, 0.15) is 5.82 Å². The van der Waals surface area contributed by atoms with Crippen LogP contribution in [0.5, 0.6) is 0 Å². The minimum absolute atomic E-state index is 0.142. The highest BCUT2D eigenvalue weighted by atomic mass is 35.5. The fraction of sp³-hybridized carbons (Fsp3) is 0.400. The number of halogens is 1. The van der Waals surface area contributed by atoms with Gasteiger partial charge in [0.15, 0.2) is 0 Å². The fourth-order valence-corrected chi connectivity index (χ4v) is 2.87. The molecular weight excluding hydrogens is 272 g/mol. The van der Waals surface area contributed by atoms with Crippen LogP contribution in [0.3, 0.4) is 0 Å². The number of aryl methyl sites for hydroxylation is 2. The SMILES string of the molecule is Cc1nn(C)c(N(C)C(C)c2ccccc2Cl)c1CN. The minimum Gasteiger partial charge on any atom is -0.353 e. The van der Waals surface area contributed by atoms with Crippen molar-refractivity contribution in [3.05, 3.63) is 46.1 Å². The standard InChI is InChI=1S/C15H21ClN4/c1-10-13(9-17)15(20(4)18-10)19(3)11(2)12-7-5-6-8-14(12)16/h5-8,11H,9,17H2,1-4H3. The zero-order valence-electron chi connectivity index (χ0n) is 12.4. The number of hydrogen-bond acceptors (Lipinski definition) is 3. The molecular formula is C15H21ClN4. The summed E-state index contributed by atoms with van der Waals surface area (Å²) in [6, 6.07) is 8.06. The average molecular weight is 293 g/mol. The third kappa shape index (κ3) is 2.53. The Kier molecular flexibility index (Phi) is 4.35. The van der Waals surface area contributed by atoms with Crippen LogP contribution in [0, 0.1) is 6.92 Å². The minimum atomic E-state index is 0.142. The molecule has 0 radical (unpaired) electrons. The van der Waals surface area contributed by atoms with Gasteiger partial charge in [-0.25, -0.2) is 0 Å². The van der Waals surface area contributed by atoms with E-state index in [4.69, 9.17) is 17.3 Å². The molecule has 2 rings (SSSR count). The quantitative estimate of drug-likeness (QED) is 0.942. The van der Waals surface area contributed by atoms with E-state index in [1.807, 2.05) is 43.9 Å². The van der Waals surface area contributed by atoms with Crippen LogP contribution in [0.1, 0.15) is 29.8 Å². The Morgan fingerprint density at radius 1 is 1.40 bits per heavy atom. The molecule has 1 aromatic carbocycles. The van der Waals surface area contributed by atoms with Gasteiger partial charge in [0, 0.05) is 31.2 Å². The first kappa shape index (κ1) is 14.9. The molecule has 0 amide bonds. The monoisotopic (exact) mass is 292 g/mol. The molecule has 0 saturated heterocycles. The first-order valence-electron chi connectivity index (χ1n) is 6.67. The van der Waals surface area contributed by atoms with Gasteiger partial charge in [0.2, 0.25) is 0 Å². The predicted octanol–water partition coefficient (Wildman–Crippen LogP) is 3.04. The van der Waals surface area contributed by atoms with Crippen molar-refractivity contribution in [2.45, 2.75) is 26.4 Å². The Hall–Kier alpha value is -1.52. The molecule has 5 heteroatoms. The topological polar surface area (TPSA) is 47.1 Å². The molecule has 0 aliphatic rings. The Balaban J connectivity index is 2.41. The summed E-state index contributed by atoms with van der Waals surface area (Å²) in [6.45, 7) is 4.60. The number of rotatable bonds is 4. The highest BCUT2D eigenvalue weighted by Crippen LogP contribution is 2.32. The maximum absolute atomic E-state index is 6.30. The van der Waals surface area contributed by atoms with Crippen molar-refractivity contribution >= 4 is 17.4 Å². The van der Waals surface area contributed by atoms with Gasteiger partial charge in [-0.1, -0.05) is 29.8 Å². The second-order valence-corrected chi connectivity index (χ2v) is 5.43. The molecule has 108 valence electrons. The summed E-state index contributed by atoms with van der Waals surface area (Å²) in [7, 11) is 3.99. The van der Waals surface area contributed by atoms with Crippen LogP contribution in [0.25, 0.3) is 0 Å². The Morgan fingerprint density at radius 2 is 2.05 bits per heavy atom. The zero-order chi connectivity index (χ0) is 14.9. The number of nitrogens with zero attached hydrogens (tertiary/aromatic N) is 3. The first-order chi connectivity index (χ1) is 9.47. The number of nitrogens with two attached hydrogens (primary N) is 1. The van der Waals surface area contributed by atoms with Gasteiger partial charge >= 0.3 is 0 Å². The van der Waals surface area contributed by atoms with E-state index in [0.717, 1.165) is 27.7 Å². The third-order valence-corrected chi connectivity index (χ3v) is 4.13. The molecule has 4 nitrogen and oxygen atoms in total. The van der Waals surface area contributed by atoms with Crippen LogP contribution in [0.4, 0.5) is 5.82 Å². The molecule has 0 bridgehead atoms. The van der Waals surface area contributed by atoms with E-state index in [2.05, 4.69) is 23.0 Å². The summed E-state index contributed by atoms with van der Waals surface area (Å²) in [6.07, 6.45) is 0. The van der Waals surface area contributed by atoms with Crippen molar-refractivity contribution < 1.29 is 0 Å². The second kappa shape index (κ2) is 5.85. The van der Waals surface area contributed by atoms with Crippen molar-refractivity contribution in [2.24, 2.45) is 12.8 Å². The largest absolute Gasteiger partial charge is 0.353 e. The van der Waals surface area contributed by atoms with Crippen LogP contribution in [0.15, 0.2) is 24.3 Å². The molecule has 0 aliphatic carbocycles. The van der Waals surface area contributed by atoms with Crippen molar-refractivity contribution in [1.82, 2.24) is 9.78 Å². The first-order valence-corrected chi connectivity index (χ1v) is 7.05. The van der Waals surface area contributed by atoms with E-state index in [9.17, 15) is 0 Å². The summed E-state index contributed by atoms with van der Waals surface area (Å²) >= 11 is 6.30. The molecule has 1 unspecified atom stereocenters. The Morgan fingerprint density at radius 3 is 2.65 bits per heavy atom. The summed E-state index contributed by atoms with van der Waals surface area (Å²) in [5, 5.41) is 5.24. The lowest BCUT2D eigenvalue weighted by atomic mass is 10.1. The van der Waals surface area contributed by atoms with E-state index in [1.54, 1.807) is 0 Å². The molecule has 2 aromatic rings. The normalized spacial score (nSPS) is 12.5. The molecule has 0 aliphatic heterocycles. The van der Waals surface area contributed by atoms with Gasteiger partial charge < -0.3 is 10.6 Å². The van der Waals surface area contributed by atoms with E-state index < -0.39 is 0 Å². The van der Waals surface area contributed by atoms with E-state index in [-0.39, 0.29) is 6.04 Å². The molecule has 0 fully saturated rings. The number of aromatic nitrogens is 2. The van der Waals surface area contributed by atoms with Crippen LogP contribution >= 0.6 is 11.6 Å². The Bertz CT molecular complexity index is 606. The maximum Gasteiger partial charge on any atom is 0.131 e. The van der Waals surface area contributed by atoms with Gasteiger partial charge in [-0.15, -0.1) is 0 Å². The molecule has 1 heterocycles. The van der Waals surface area contributed by atoms with Crippen LogP contribution < -0.4 is 10.6 Å². The molecule has 1 aromatic heterocycles. The lowest BCUT2D eigenvalue weighted by molar-refractivity contribution is 0.671. The lowest BCUT2D eigenvalue weighted by Gasteiger charge is -2.28. The summed E-state index contributed by atoms with van der Waals surface area (Å²) in [5.74, 6) is 1.04. The summed E-state index contributed by atoms with van der Waals surface area (Å²) in [4.78, 5) is 2.17. The smallest absolute Gasteiger partial charge is 0.131 e. The molecule has 2 N–H and O–H groups in total. The highest BCUT2D eigenvalue weighted by Gasteiger charge is 2.21. The van der Waals surface area contributed by atoms with Crippen molar-refractivity contribution in [1.29, 1.82) is 0 Å². The molecule has 0 spiro atoms. The van der Waals surface area contributed by atoms with Gasteiger partial charge in [-0.2, -0.15) is 5.10 Å². The van der Waals surface area contributed by atoms with Crippen LogP contribution in [-0.2, 0) is 13.6 Å². The molecule has 1 atom stereocenters. The number of benzene rings is 1. The van der Waals surface area contributed by atoms with Crippen molar-refractivity contribution in [3.63, 3.8) is 0 Å².